The molecule has 0 aliphatic carbocycles. The number of hydrogen-bond donors (Lipinski definition) is 0. The summed E-state index contributed by atoms with van der Waals surface area (Å²) in [6.45, 7) is 2.15. The number of aryl methyl sites for hydroxylation is 1. The lowest BCUT2D eigenvalue weighted by atomic mass is 9.95. The smallest absolute Gasteiger partial charge is 0.309 e. The molecule has 9 aromatic rings. The number of para-hydroxylation sites is 4. The zero-order chi connectivity index (χ0) is 33.6. The van der Waals surface area contributed by atoms with Crippen molar-refractivity contribution >= 4 is 45.0 Å². The van der Waals surface area contributed by atoms with Gasteiger partial charge in [-0.2, -0.15) is 0 Å². The first-order valence-electron chi connectivity index (χ1n) is 16.9. The predicted octanol–water partition coefficient (Wildman–Crippen LogP) is 11.0. The van der Waals surface area contributed by atoms with Crippen LogP contribution in [-0.2, 0) is 0 Å². The Hall–Kier alpha value is -6.65. The van der Waals surface area contributed by atoms with Crippen molar-refractivity contribution in [2.24, 2.45) is 0 Å². The number of hydrogen-bond acceptors (Lipinski definition) is 1. The molecule has 0 saturated carbocycles. The summed E-state index contributed by atoms with van der Waals surface area (Å²) >= 11 is 0. The van der Waals surface area contributed by atoms with E-state index < -0.39 is 0 Å². The first-order chi connectivity index (χ1) is 24.7. The largest absolute Gasteiger partial charge is 0.338 e. The van der Waals surface area contributed by atoms with E-state index in [0.29, 0.717) is 0 Å². The zero-order valence-electron chi connectivity index (χ0n) is 27.6. The van der Waals surface area contributed by atoms with Crippen LogP contribution in [0.25, 0.3) is 73.2 Å². The molecule has 0 aliphatic heterocycles. The number of rotatable bonds is 6. The van der Waals surface area contributed by atoms with Gasteiger partial charge >= 0.3 is 5.69 Å². The monoisotopic (exact) mass is 643 g/mol. The zero-order valence-corrected chi connectivity index (χ0v) is 27.6. The molecule has 0 bridgehead atoms. The molecule has 0 radical (unpaired) electrons. The van der Waals surface area contributed by atoms with Crippen LogP contribution in [0.3, 0.4) is 0 Å². The first kappa shape index (κ1) is 29.5. The summed E-state index contributed by atoms with van der Waals surface area (Å²) in [4.78, 5) is 14.3. The SMILES string of the molecule is Cc1ccccc1-c1ccccc1/C=C\c1ccc(-n2c(=O)n(-c3ccc(-n4c5ccccc5c5ccccc54)cc3)c3ccccc32)cc1. The quantitative estimate of drug-likeness (QED) is 0.166. The van der Waals surface area contributed by atoms with E-state index in [1.807, 2.05) is 48.5 Å². The molecule has 238 valence electrons. The van der Waals surface area contributed by atoms with Crippen LogP contribution in [0.1, 0.15) is 16.7 Å². The Morgan fingerprint density at radius 3 is 1.42 bits per heavy atom. The molecule has 50 heavy (non-hydrogen) atoms. The van der Waals surface area contributed by atoms with Gasteiger partial charge in [-0.3, -0.25) is 9.13 Å². The fraction of sp³-hybridized carbons (Fsp3) is 0.0217. The molecule has 9 rings (SSSR count). The Morgan fingerprint density at radius 1 is 0.400 bits per heavy atom. The van der Waals surface area contributed by atoms with E-state index in [0.717, 1.165) is 50.3 Å². The van der Waals surface area contributed by atoms with E-state index in [4.69, 9.17) is 0 Å². The molecule has 0 saturated heterocycles. The van der Waals surface area contributed by atoms with Gasteiger partial charge in [-0.25, -0.2) is 4.79 Å². The van der Waals surface area contributed by atoms with Gasteiger partial charge in [0.05, 0.1) is 33.4 Å². The summed E-state index contributed by atoms with van der Waals surface area (Å²) in [6.07, 6.45) is 4.30. The van der Waals surface area contributed by atoms with Crippen molar-refractivity contribution in [1.82, 2.24) is 13.7 Å². The van der Waals surface area contributed by atoms with Crippen molar-refractivity contribution < 1.29 is 0 Å². The summed E-state index contributed by atoms with van der Waals surface area (Å²) in [5.74, 6) is 0. The summed E-state index contributed by atoms with van der Waals surface area (Å²) in [7, 11) is 0. The molecule has 7 aromatic carbocycles. The van der Waals surface area contributed by atoms with Gasteiger partial charge in [-0.05, 0) is 95.4 Å². The molecule has 2 aromatic heterocycles. The molecule has 2 heterocycles. The standard InChI is InChI=1S/C46H33N3O/c1-32-12-2-4-14-38(32)39-15-5-3-13-34(39)25-22-33-23-26-36(27-24-33)48-44-20-10-11-21-45(44)49(46(48)50)37-30-28-35(29-31-37)47-42-18-8-6-16-40(42)41-17-7-9-19-43(41)47/h2-31H,1H3/b25-22-. The minimum Gasteiger partial charge on any atom is -0.309 e. The van der Waals surface area contributed by atoms with Crippen LogP contribution in [0.4, 0.5) is 0 Å². The summed E-state index contributed by atoms with van der Waals surface area (Å²) in [6, 6.07) is 58.4. The van der Waals surface area contributed by atoms with Gasteiger partial charge in [-0.15, -0.1) is 0 Å². The average Bonchev–Trinajstić information content (AvgIpc) is 3.66. The van der Waals surface area contributed by atoms with Crippen molar-refractivity contribution in [3.63, 3.8) is 0 Å². The molecule has 0 fully saturated rings. The van der Waals surface area contributed by atoms with Crippen LogP contribution >= 0.6 is 0 Å². The van der Waals surface area contributed by atoms with Crippen molar-refractivity contribution in [3.8, 4) is 28.2 Å². The Balaban J connectivity index is 1.07. The molecule has 0 aliphatic rings. The van der Waals surface area contributed by atoms with E-state index in [1.165, 1.54) is 27.5 Å². The van der Waals surface area contributed by atoms with E-state index >= 15 is 0 Å². The maximum Gasteiger partial charge on any atom is 0.338 e. The van der Waals surface area contributed by atoms with Gasteiger partial charge in [0.1, 0.15) is 0 Å². The fourth-order valence-electron chi connectivity index (χ4n) is 7.28. The summed E-state index contributed by atoms with van der Waals surface area (Å²) in [5, 5.41) is 2.44. The molecule has 0 amide bonds. The van der Waals surface area contributed by atoms with Gasteiger partial charge in [-0.1, -0.05) is 121 Å². The van der Waals surface area contributed by atoms with Crippen LogP contribution in [-0.4, -0.2) is 13.7 Å². The maximum absolute atomic E-state index is 14.3. The average molecular weight is 644 g/mol. The van der Waals surface area contributed by atoms with Crippen molar-refractivity contribution in [3.05, 3.63) is 197 Å². The number of benzene rings is 7. The minimum atomic E-state index is -0.105. The maximum atomic E-state index is 14.3. The summed E-state index contributed by atoms with van der Waals surface area (Å²) < 4.78 is 5.90. The molecule has 0 unspecified atom stereocenters. The number of nitrogens with zero attached hydrogens (tertiary/aromatic N) is 3. The molecule has 4 nitrogen and oxygen atoms in total. The van der Waals surface area contributed by atoms with Crippen molar-refractivity contribution in [2.45, 2.75) is 6.92 Å². The van der Waals surface area contributed by atoms with Crippen LogP contribution in [0, 0.1) is 6.92 Å². The van der Waals surface area contributed by atoms with Crippen LogP contribution in [0.15, 0.2) is 175 Å². The molecule has 0 spiro atoms. The van der Waals surface area contributed by atoms with Gasteiger partial charge in [0.15, 0.2) is 0 Å². The fourth-order valence-corrected chi connectivity index (χ4v) is 7.28. The highest BCUT2D eigenvalue weighted by Gasteiger charge is 2.17. The third-order valence-electron chi connectivity index (χ3n) is 9.69. The van der Waals surface area contributed by atoms with E-state index in [2.05, 4.69) is 145 Å². The van der Waals surface area contributed by atoms with E-state index in [1.54, 1.807) is 9.13 Å². The Morgan fingerprint density at radius 2 is 0.840 bits per heavy atom. The second-order valence-corrected chi connectivity index (χ2v) is 12.7. The number of imidazole rings is 1. The Bertz CT molecular complexity index is 2720. The molecular weight excluding hydrogens is 611 g/mol. The topological polar surface area (TPSA) is 31.9 Å². The number of fused-ring (bicyclic) bond motifs is 4. The molecule has 0 atom stereocenters. The lowest BCUT2D eigenvalue weighted by Crippen LogP contribution is -2.22. The highest BCUT2D eigenvalue weighted by molar-refractivity contribution is 6.09. The predicted molar refractivity (Wildman–Crippen MR) is 209 cm³/mol. The normalized spacial score (nSPS) is 11.7. The Labute approximate surface area is 290 Å². The minimum absolute atomic E-state index is 0.105. The summed E-state index contributed by atoms with van der Waals surface area (Å²) in [5.41, 5.74) is 12.5. The third kappa shape index (κ3) is 4.89. The highest BCUT2D eigenvalue weighted by atomic mass is 16.1. The van der Waals surface area contributed by atoms with Gasteiger partial charge < -0.3 is 4.57 Å². The second-order valence-electron chi connectivity index (χ2n) is 12.7. The Kier molecular flexibility index (Phi) is 7.14. The second kappa shape index (κ2) is 12.1. The van der Waals surface area contributed by atoms with Gasteiger partial charge in [0.25, 0.3) is 0 Å². The number of aromatic nitrogens is 3. The lowest BCUT2D eigenvalue weighted by molar-refractivity contribution is 0.930. The highest BCUT2D eigenvalue weighted by Crippen LogP contribution is 2.33. The van der Waals surface area contributed by atoms with Crippen LogP contribution in [0.2, 0.25) is 0 Å². The van der Waals surface area contributed by atoms with E-state index in [9.17, 15) is 4.79 Å². The lowest BCUT2D eigenvalue weighted by Gasteiger charge is -2.10. The van der Waals surface area contributed by atoms with E-state index in [-0.39, 0.29) is 5.69 Å². The molecule has 4 heteroatoms. The van der Waals surface area contributed by atoms with Crippen molar-refractivity contribution in [1.29, 1.82) is 0 Å². The first-order valence-corrected chi connectivity index (χ1v) is 16.9. The van der Waals surface area contributed by atoms with Crippen LogP contribution < -0.4 is 5.69 Å². The molecular formula is C46H33N3O. The van der Waals surface area contributed by atoms with Gasteiger partial charge in [0.2, 0.25) is 0 Å². The molecule has 0 N–H and O–H groups in total. The van der Waals surface area contributed by atoms with Crippen LogP contribution in [0.5, 0.6) is 0 Å². The van der Waals surface area contributed by atoms with Gasteiger partial charge in [0, 0.05) is 16.5 Å². The van der Waals surface area contributed by atoms with Crippen molar-refractivity contribution in [2.75, 3.05) is 0 Å². The third-order valence-corrected chi connectivity index (χ3v) is 9.69.